The van der Waals surface area contributed by atoms with Gasteiger partial charge in [0.2, 0.25) is 0 Å². The van der Waals surface area contributed by atoms with Gasteiger partial charge in [0.05, 0.1) is 22.8 Å². The first-order valence-electron chi connectivity index (χ1n) is 13.2. The Balaban J connectivity index is 1.50. The van der Waals surface area contributed by atoms with Crippen molar-refractivity contribution < 1.29 is 20.4 Å². The zero-order valence-corrected chi connectivity index (χ0v) is 22.2. The van der Waals surface area contributed by atoms with Crippen LogP contribution in [0.2, 0.25) is 0 Å². The van der Waals surface area contributed by atoms with Crippen LogP contribution < -0.4 is 10.7 Å². The van der Waals surface area contributed by atoms with Crippen LogP contribution in [0.25, 0.3) is 17.2 Å². The second-order valence-corrected chi connectivity index (χ2v) is 11.5. The van der Waals surface area contributed by atoms with Crippen LogP contribution in [0.5, 0.6) is 0 Å². The maximum atomic E-state index is 11.2. The molecule has 1 aromatic heterocycles. The number of nitrogens with one attached hydrogen (secondary N) is 1. The van der Waals surface area contributed by atoms with Crippen LogP contribution in [0.3, 0.4) is 0 Å². The Bertz CT molecular complexity index is 1770. The van der Waals surface area contributed by atoms with Crippen LogP contribution in [0.15, 0.2) is 111 Å². The number of aliphatic hydroxyl groups excluding tert-OH is 4. The Hall–Kier alpha value is -3.79. The van der Waals surface area contributed by atoms with Gasteiger partial charge < -0.3 is 25.4 Å². The lowest BCUT2D eigenvalue weighted by Crippen LogP contribution is -2.32. The number of benzene rings is 2. The van der Waals surface area contributed by atoms with Gasteiger partial charge in [-0.05, 0) is 41.8 Å². The molecule has 0 saturated carbocycles. The van der Waals surface area contributed by atoms with Gasteiger partial charge in [-0.2, -0.15) is 0 Å². The highest BCUT2D eigenvalue weighted by molar-refractivity contribution is 8.04. The fourth-order valence-corrected chi connectivity index (χ4v) is 6.89. The van der Waals surface area contributed by atoms with Crippen molar-refractivity contribution in [2.45, 2.75) is 36.1 Å². The van der Waals surface area contributed by atoms with E-state index in [0.29, 0.717) is 45.5 Å². The fourth-order valence-electron chi connectivity index (χ4n) is 5.63. The third-order valence-corrected chi connectivity index (χ3v) is 8.86. The Morgan fingerprint density at radius 2 is 1.43 bits per heavy atom. The molecule has 7 nitrogen and oxygen atoms in total. The van der Waals surface area contributed by atoms with Crippen LogP contribution in [-0.4, -0.2) is 66.5 Å². The molecule has 0 radical (unpaired) electrons. The predicted octanol–water partition coefficient (Wildman–Crippen LogP) is 2.05. The molecule has 0 fully saturated rings. The van der Waals surface area contributed by atoms with Crippen LogP contribution in [-0.2, 0) is 0 Å². The van der Waals surface area contributed by atoms with Gasteiger partial charge in [-0.3, -0.25) is 9.98 Å². The Kier molecular flexibility index (Phi) is 6.30. The van der Waals surface area contributed by atoms with Crippen molar-refractivity contribution in [3.63, 3.8) is 0 Å². The average Bonchev–Trinajstić information content (AvgIpc) is 3.74. The number of aromatic amines is 1. The van der Waals surface area contributed by atoms with E-state index in [1.807, 2.05) is 78.9 Å². The number of nitrogens with zero attached hydrogens (tertiary/aromatic N) is 2. The van der Waals surface area contributed by atoms with E-state index >= 15 is 0 Å². The lowest BCUT2D eigenvalue weighted by molar-refractivity contribution is 0.0933. The molecule has 5 unspecified atom stereocenters. The number of allylic oxidation sites excluding steroid dienone is 2. The number of thioether (sulfide) groups is 1. The van der Waals surface area contributed by atoms with Gasteiger partial charge in [-0.1, -0.05) is 66.7 Å². The standard InChI is InChI=1S/C32H27N3O4S/c36-29-22-15-19-11-13-21(33-19)25(17-7-3-1-4-8-17)27-31(38)30(37)23(35-27)16-20-12-14-24(40-20)26(28(34-22)32(29)39)18-9-5-2-6-10-18/h1-11,13-16,20,29-33,36-39H,12H2/b19-15-,23-16-,25-21?,28-26-. The van der Waals surface area contributed by atoms with E-state index in [0.717, 1.165) is 21.6 Å². The highest BCUT2D eigenvalue weighted by atomic mass is 32.2. The summed E-state index contributed by atoms with van der Waals surface area (Å²) in [4.78, 5) is 13.9. The lowest BCUT2D eigenvalue weighted by Gasteiger charge is -2.16. The monoisotopic (exact) mass is 549 g/mol. The van der Waals surface area contributed by atoms with Crippen molar-refractivity contribution in [3.8, 4) is 0 Å². The number of H-pyrrole nitrogens is 1. The van der Waals surface area contributed by atoms with Gasteiger partial charge >= 0.3 is 0 Å². The molecule has 0 aliphatic carbocycles. The molecule has 8 bridgehead atoms. The number of aliphatic hydroxyl groups is 4. The minimum absolute atomic E-state index is 0.0436. The zero-order chi connectivity index (χ0) is 27.4. The van der Waals surface area contributed by atoms with Crippen LogP contribution in [0, 0.1) is 0 Å². The van der Waals surface area contributed by atoms with E-state index < -0.39 is 24.4 Å². The van der Waals surface area contributed by atoms with Crippen LogP contribution in [0.1, 0.15) is 17.5 Å². The number of rotatable bonds is 2. The highest BCUT2D eigenvalue weighted by Crippen LogP contribution is 2.45. The van der Waals surface area contributed by atoms with Crippen molar-refractivity contribution >= 4 is 40.4 Å². The molecule has 0 spiro atoms. The SMILES string of the molecule is OC1C2=N/C(=C\C3CC=C(S3)/C(c3ccccc3)=C3N=C(/C=c4/ccc([nH]4)=C2c2ccccc2)C(O)C\3O)C1O. The minimum atomic E-state index is -1.19. The maximum absolute atomic E-state index is 11.2. The molecule has 2 aromatic carbocycles. The van der Waals surface area contributed by atoms with E-state index in [1.165, 1.54) is 0 Å². The summed E-state index contributed by atoms with van der Waals surface area (Å²) in [6.07, 6.45) is 1.71. The van der Waals surface area contributed by atoms with E-state index in [-0.39, 0.29) is 5.25 Å². The molecule has 200 valence electrons. The first kappa shape index (κ1) is 25.2. The molecule has 5 N–H and O–H groups in total. The molecule has 0 amide bonds. The summed E-state index contributed by atoms with van der Waals surface area (Å²) >= 11 is 1.59. The summed E-state index contributed by atoms with van der Waals surface area (Å²) in [5.74, 6) is 0. The molecule has 7 rings (SSSR count). The summed E-state index contributed by atoms with van der Waals surface area (Å²) in [6, 6.07) is 23.1. The third-order valence-electron chi connectivity index (χ3n) is 7.60. The first-order chi connectivity index (χ1) is 19.5. The molecular weight excluding hydrogens is 522 g/mol. The minimum Gasteiger partial charge on any atom is -0.384 e. The Morgan fingerprint density at radius 1 is 0.725 bits per heavy atom. The number of aromatic nitrogens is 1. The summed E-state index contributed by atoms with van der Waals surface area (Å²) in [5.41, 5.74) is 4.79. The number of fused-ring (bicyclic) bond motifs is 6. The Labute approximate surface area is 234 Å². The molecule has 4 aliphatic rings. The smallest absolute Gasteiger partial charge is 0.128 e. The van der Waals surface area contributed by atoms with Crippen LogP contribution in [0.4, 0.5) is 0 Å². The topological polar surface area (TPSA) is 121 Å². The number of aliphatic imine (C=N–C) groups is 2. The summed E-state index contributed by atoms with van der Waals surface area (Å²) in [7, 11) is 0. The van der Waals surface area contributed by atoms with Gasteiger partial charge in [0.1, 0.15) is 24.4 Å². The van der Waals surface area contributed by atoms with Gasteiger partial charge in [-0.25, -0.2) is 0 Å². The van der Waals surface area contributed by atoms with E-state index in [1.54, 1.807) is 17.8 Å². The maximum Gasteiger partial charge on any atom is 0.128 e. The summed E-state index contributed by atoms with van der Waals surface area (Å²) in [5, 5.41) is 45.8. The number of hydrogen-bond donors (Lipinski definition) is 5. The van der Waals surface area contributed by atoms with Gasteiger partial charge in [0.15, 0.2) is 0 Å². The predicted molar refractivity (Wildman–Crippen MR) is 158 cm³/mol. The normalized spacial score (nSPS) is 31.6. The van der Waals surface area contributed by atoms with Crippen molar-refractivity contribution in [3.05, 3.63) is 123 Å². The average molecular weight is 550 g/mol. The highest BCUT2D eigenvalue weighted by Gasteiger charge is 2.38. The quantitative estimate of drug-likeness (QED) is 0.335. The second kappa shape index (κ2) is 9.99. The van der Waals surface area contributed by atoms with E-state index in [4.69, 9.17) is 9.98 Å². The van der Waals surface area contributed by atoms with E-state index in [9.17, 15) is 20.4 Å². The second-order valence-electron chi connectivity index (χ2n) is 10.2. The number of hydrogen-bond acceptors (Lipinski definition) is 7. The molecule has 3 aromatic rings. The molecule has 5 atom stereocenters. The molecule has 0 saturated heterocycles. The Morgan fingerprint density at radius 3 is 2.15 bits per heavy atom. The molecule has 8 heteroatoms. The van der Waals surface area contributed by atoms with Gasteiger partial charge in [-0.15, -0.1) is 11.8 Å². The molecule has 40 heavy (non-hydrogen) atoms. The molecular formula is C32H27N3O4S. The molecule has 4 aliphatic heterocycles. The van der Waals surface area contributed by atoms with Crippen molar-refractivity contribution in [1.29, 1.82) is 0 Å². The van der Waals surface area contributed by atoms with E-state index in [2.05, 4.69) is 11.1 Å². The molecule has 5 heterocycles. The fraction of sp³-hybridized carbons (Fsp3) is 0.188. The largest absolute Gasteiger partial charge is 0.384 e. The van der Waals surface area contributed by atoms with Crippen LogP contribution >= 0.6 is 11.8 Å². The zero-order valence-electron chi connectivity index (χ0n) is 21.3. The summed E-state index contributed by atoms with van der Waals surface area (Å²) < 4.78 is 0. The third kappa shape index (κ3) is 4.25. The van der Waals surface area contributed by atoms with Gasteiger partial charge in [0.25, 0.3) is 0 Å². The van der Waals surface area contributed by atoms with Crippen molar-refractivity contribution in [1.82, 2.24) is 4.98 Å². The van der Waals surface area contributed by atoms with Crippen molar-refractivity contribution in [2.24, 2.45) is 9.98 Å². The lowest BCUT2D eigenvalue weighted by atomic mass is 9.96. The van der Waals surface area contributed by atoms with Crippen molar-refractivity contribution in [2.75, 3.05) is 0 Å². The first-order valence-corrected chi connectivity index (χ1v) is 14.1. The summed E-state index contributed by atoms with van der Waals surface area (Å²) in [6.45, 7) is 0. The van der Waals surface area contributed by atoms with Gasteiger partial charge in [0, 0.05) is 32.0 Å².